The predicted octanol–water partition coefficient (Wildman–Crippen LogP) is 4.19. The molecule has 0 aliphatic carbocycles. The van der Waals surface area contributed by atoms with Crippen molar-refractivity contribution in [2.45, 2.75) is 39.5 Å². The topological polar surface area (TPSA) is 43.1 Å². The molecule has 2 aromatic rings. The zero-order valence-electron chi connectivity index (χ0n) is 13.0. The second kappa shape index (κ2) is 6.57. The van der Waals surface area contributed by atoms with E-state index in [2.05, 4.69) is 39.0 Å². The van der Waals surface area contributed by atoms with Crippen LogP contribution in [0.2, 0.25) is 0 Å². The Bertz CT molecular complexity index is 629. The third-order valence-corrected chi connectivity index (χ3v) is 3.93. The molecule has 0 saturated carbocycles. The van der Waals surface area contributed by atoms with Gasteiger partial charge in [0.2, 0.25) is 0 Å². The van der Waals surface area contributed by atoms with Crippen LogP contribution in [-0.4, -0.2) is 5.78 Å². The van der Waals surface area contributed by atoms with E-state index in [1.54, 1.807) is 0 Å². The predicted molar refractivity (Wildman–Crippen MR) is 88.5 cm³/mol. The smallest absolute Gasteiger partial charge is 0.137 e. The van der Waals surface area contributed by atoms with Crippen molar-refractivity contribution in [1.82, 2.24) is 0 Å². The summed E-state index contributed by atoms with van der Waals surface area (Å²) in [4.78, 5) is 12.3. The van der Waals surface area contributed by atoms with E-state index in [1.165, 1.54) is 16.7 Å². The number of hydrogen-bond acceptors (Lipinski definition) is 2. The molecule has 0 amide bonds. The Morgan fingerprint density at radius 2 is 1.76 bits per heavy atom. The number of Topliss-reactive ketones (excluding diaryl/α,β-unsaturated/α-hetero) is 1. The van der Waals surface area contributed by atoms with Gasteiger partial charge in [-0.2, -0.15) is 0 Å². The first kappa shape index (κ1) is 15.3. The standard InChI is InChI=1S/C19H23NO/c1-13-4-5-14(2)17(10-13)12-19(21)11-15(3)16-6-8-18(20)9-7-16/h4-10,15H,11-12,20H2,1-3H3. The fourth-order valence-corrected chi connectivity index (χ4v) is 2.56. The van der Waals surface area contributed by atoms with E-state index in [0.717, 1.165) is 11.3 Å². The summed E-state index contributed by atoms with van der Waals surface area (Å²) >= 11 is 0. The monoisotopic (exact) mass is 281 g/mol. The Balaban J connectivity index is 2.01. The molecule has 0 bridgehead atoms. The SMILES string of the molecule is Cc1ccc(C)c(CC(=O)CC(C)c2ccc(N)cc2)c1. The first-order chi connectivity index (χ1) is 9.95. The van der Waals surface area contributed by atoms with Crippen LogP contribution in [0.25, 0.3) is 0 Å². The van der Waals surface area contributed by atoms with Crippen molar-refractivity contribution >= 4 is 11.5 Å². The maximum Gasteiger partial charge on any atom is 0.137 e. The number of carbonyl (C=O) groups is 1. The number of carbonyl (C=O) groups excluding carboxylic acids is 1. The lowest BCUT2D eigenvalue weighted by atomic mass is 9.92. The number of nitrogens with two attached hydrogens (primary N) is 1. The van der Waals surface area contributed by atoms with Crippen LogP contribution in [0, 0.1) is 13.8 Å². The van der Waals surface area contributed by atoms with Crippen LogP contribution in [0.1, 0.15) is 41.5 Å². The quantitative estimate of drug-likeness (QED) is 0.835. The lowest BCUT2D eigenvalue weighted by molar-refractivity contribution is -0.118. The summed E-state index contributed by atoms with van der Waals surface area (Å²) in [5, 5.41) is 0. The van der Waals surface area contributed by atoms with Crippen molar-refractivity contribution < 1.29 is 4.79 Å². The molecule has 0 fully saturated rings. The van der Waals surface area contributed by atoms with Crippen LogP contribution in [0.3, 0.4) is 0 Å². The van der Waals surface area contributed by atoms with Gasteiger partial charge in [0.25, 0.3) is 0 Å². The molecule has 2 N–H and O–H groups in total. The number of aryl methyl sites for hydroxylation is 2. The van der Waals surface area contributed by atoms with E-state index in [1.807, 2.05) is 24.3 Å². The van der Waals surface area contributed by atoms with Gasteiger partial charge >= 0.3 is 0 Å². The highest BCUT2D eigenvalue weighted by atomic mass is 16.1. The summed E-state index contributed by atoms with van der Waals surface area (Å²) in [5.74, 6) is 0.510. The number of anilines is 1. The summed E-state index contributed by atoms with van der Waals surface area (Å²) in [6, 6.07) is 14.1. The van der Waals surface area contributed by atoms with Gasteiger partial charge in [0.1, 0.15) is 5.78 Å². The summed E-state index contributed by atoms with van der Waals surface area (Å²) in [6.07, 6.45) is 1.09. The van der Waals surface area contributed by atoms with E-state index >= 15 is 0 Å². The van der Waals surface area contributed by atoms with Gasteiger partial charge in [-0.15, -0.1) is 0 Å². The molecule has 0 spiro atoms. The first-order valence-electron chi connectivity index (χ1n) is 7.39. The number of nitrogen functional groups attached to an aromatic ring is 1. The molecule has 0 radical (unpaired) electrons. The second-order valence-electron chi connectivity index (χ2n) is 5.92. The molecule has 1 unspecified atom stereocenters. The maximum atomic E-state index is 12.3. The van der Waals surface area contributed by atoms with Crippen LogP contribution < -0.4 is 5.73 Å². The zero-order valence-corrected chi connectivity index (χ0v) is 13.0. The second-order valence-corrected chi connectivity index (χ2v) is 5.92. The van der Waals surface area contributed by atoms with Gasteiger partial charge in [-0.1, -0.05) is 42.8 Å². The van der Waals surface area contributed by atoms with Crippen molar-refractivity contribution in [2.24, 2.45) is 0 Å². The molecule has 110 valence electrons. The molecule has 0 saturated heterocycles. The molecular formula is C19H23NO. The average Bonchev–Trinajstić information content (AvgIpc) is 2.43. The van der Waals surface area contributed by atoms with Gasteiger partial charge in [-0.3, -0.25) is 4.79 Å². The van der Waals surface area contributed by atoms with Gasteiger partial charge in [-0.25, -0.2) is 0 Å². The van der Waals surface area contributed by atoms with Crippen molar-refractivity contribution in [2.75, 3.05) is 5.73 Å². The molecule has 2 heteroatoms. The van der Waals surface area contributed by atoms with Crippen LogP contribution in [0.5, 0.6) is 0 Å². The number of rotatable bonds is 5. The third kappa shape index (κ3) is 4.19. The van der Waals surface area contributed by atoms with Crippen LogP contribution >= 0.6 is 0 Å². The molecule has 0 aliphatic rings. The molecular weight excluding hydrogens is 258 g/mol. The molecule has 2 aromatic carbocycles. The summed E-state index contributed by atoms with van der Waals surface area (Å²) in [6.45, 7) is 6.21. The lowest BCUT2D eigenvalue weighted by Gasteiger charge is -2.12. The first-order valence-corrected chi connectivity index (χ1v) is 7.39. The van der Waals surface area contributed by atoms with Crippen LogP contribution in [0.4, 0.5) is 5.69 Å². The zero-order chi connectivity index (χ0) is 15.4. The third-order valence-electron chi connectivity index (χ3n) is 3.93. The van der Waals surface area contributed by atoms with Gasteiger partial charge < -0.3 is 5.73 Å². The summed E-state index contributed by atoms with van der Waals surface area (Å²) in [5.41, 5.74) is 11.2. The number of ketones is 1. The fraction of sp³-hybridized carbons (Fsp3) is 0.316. The minimum atomic E-state index is 0.225. The Labute approximate surface area is 127 Å². The highest BCUT2D eigenvalue weighted by Crippen LogP contribution is 2.22. The number of benzene rings is 2. The Morgan fingerprint density at radius 1 is 1.10 bits per heavy atom. The largest absolute Gasteiger partial charge is 0.399 e. The highest BCUT2D eigenvalue weighted by Gasteiger charge is 2.13. The number of hydrogen-bond donors (Lipinski definition) is 1. The van der Waals surface area contributed by atoms with E-state index in [9.17, 15) is 4.79 Å². The molecule has 2 nitrogen and oxygen atoms in total. The lowest BCUT2D eigenvalue weighted by Crippen LogP contribution is -2.08. The van der Waals surface area contributed by atoms with Crippen LogP contribution in [-0.2, 0) is 11.2 Å². The van der Waals surface area contributed by atoms with Crippen LogP contribution in [0.15, 0.2) is 42.5 Å². The summed E-state index contributed by atoms with van der Waals surface area (Å²) < 4.78 is 0. The van der Waals surface area contributed by atoms with Gasteiger partial charge in [0.15, 0.2) is 0 Å². The van der Waals surface area contributed by atoms with E-state index in [4.69, 9.17) is 5.73 Å². The van der Waals surface area contributed by atoms with Crippen molar-refractivity contribution in [3.8, 4) is 0 Å². The molecule has 0 aromatic heterocycles. The Kier molecular flexibility index (Phi) is 4.79. The van der Waals surface area contributed by atoms with E-state index in [-0.39, 0.29) is 11.7 Å². The minimum absolute atomic E-state index is 0.225. The Hall–Kier alpha value is -2.09. The molecule has 2 rings (SSSR count). The van der Waals surface area contributed by atoms with Gasteiger partial charge in [0.05, 0.1) is 0 Å². The van der Waals surface area contributed by atoms with Crippen molar-refractivity contribution in [1.29, 1.82) is 0 Å². The van der Waals surface area contributed by atoms with Crippen molar-refractivity contribution in [3.05, 3.63) is 64.7 Å². The summed E-state index contributed by atoms with van der Waals surface area (Å²) in [7, 11) is 0. The van der Waals surface area contributed by atoms with Crippen molar-refractivity contribution in [3.63, 3.8) is 0 Å². The molecule has 0 heterocycles. The average molecular weight is 281 g/mol. The normalized spacial score (nSPS) is 12.1. The molecule has 21 heavy (non-hydrogen) atoms. The molecule has 0 aliphatic heterocycles. The Morgan fingerprint density at radius 3 is 2.43 bits per heavy atom. The van der Waals surface area contributed by atoms with E-state index < -0.39 is 0 Å². The highest BCUT2D eigenvalue weighted by molar-refractivity contribution is 5.82. The van der Waals surface area contributed by atoms with Gasteiger partial charge in [0, 0.05) is 18.5 Å². The maximum absolute atomic E-state index is 12.3. The fourth-order valence-electron chi connectivity index (χ4n) is 2.56. The minimum Gasteiger partial charge on any atom is -0.399 e. The van der Waals surface area contributed by atoms with E-state index in [0.29, 0.717) is 12.8 Å². The molecule has 1 atom stereocenters. The van der Waals surface area contributed by atoms with Gasteiger partial charge in [-0.05, 0) is 48.6 Å².